The maximum Gasteiger partial charge on any atom is 0.223 e. The smallest absolute Gasteiger partial charge is 0.223 e. The van der Waals surface area contributed by atoms with Crippen LogP contribution in [0.1, 0.15) is 25.1 Å². The second-order valence-electron chi connectivity index (χ2n) is 6.96. The predicted molar refractivity (Wildman–Crippen MR) is 105 cm³/mol. The van der Waals surface area contributed by atoms with Gasteiger partial charge in [-0.1, -0.05) is 12.1 Å². The van der Waals surface area contributed by atoms with Crippen LogP contribution < -0.4 is 10.6 Å². The van der Waals surface area contributed by atoms with Crippen LogP contribution in [0.3, 0.4) is 0 Å². The average molecular weight is 385 g/mol. The van der Waals surface area contributed by atoms with E-state index in [1.165, 1.54) is 0 Å². The Labute approximate surface area is 160 Å². The summed E-state index contributed by atoms with van der Waals surface area (Å²) in [5.74, 6) is 1.49. The number of hydrogen-bond donors (Lipinski definition) is 2. The second kappa shape index (κ2) is 7.94. The molecule has 1 unspecified atom stereocenters. The Hall–Kier alpha value is -1.30. The molecular weight excluding hydrogens is 359 g/mol. The molecule has 1 aromatic carbocycles. The van der Waals surface area contributed by atoms with Crippen LogP contribution in [-0.4, -0.2) is 35.1 Å². The summed E-state index contributed by atoms with van der Waals surface area (Å²) in [4.78, 5) is 17.0. The number of nitrogens with zero attached hydrogens (tertiary/aromatic N) is 2. The molecule has 1 aromatic heterocycles. The highest BCUT2D eigenvalue weighted by atomic mass is 35.5. The van der Waals surface area contributed by atoms with Crippen LogP contribution >= 0.6 is 24.8 Å². The van der Waals surface area contributed by atoms with E-state index >= 15 is 0 Å². The molecular formula is C18H26Cl2N4O. The van der Waals surface area contributed by atoms with Gasteiger partial charge in [0.1, 0.15) is 5.82 Å². The van der Waals surface area contributed by atoms with Gasteiger partial charge in [0.05, 0.1) is 11.0 Å². The quantitative estimate of drug-likeness (QED) is 0.851. The topological polar surface area (TPSA) is 59.0 Å². The van der Waals surface area contributed by atoms with Gasteiger partial charge in [-0.25, -0.2) is 4.98 Å². The zero-order valence-corrected chi connectivity index (χ0v) is 16.1. The van der Waals surface area contributed by atoms with Crippen molar-refractivity contribution >= 4 is 41.8 Å². The number of para-hydroxylation sites is 2. The van der Waals surface area contributed by atoms with Crippen LogP contribution in [0.5, 0.6) is 0 Å². The third kappa shape index (κ3) is 3.78. The molecule has 1 aliphatic heterocycles. The summed E-state index contributed by atoms with van der Waals surface area (Å²) in [6.45, 7) is 5.59. The largest absolute Gasteiger partial charge is 0.354 e. The van der Waals surface area contributed by atoms with Crippen molar-refractivity contribution in [1.29, 1.82) is 0 Å². The Morgan fingerprint density at radius 1 is 1.32 bits per heavy atom. The number of rotatable bonds is 4. The van der Waals surface area contributed by atoms with Gasteiger partial charge >= 0.3 is 0 Å². The standard InChI is InChI=1S/C18H24N4O.2ClH/c1-13-21-15-4-2-3-5-16(15)22(13)11-10-20-17(23)14-12-18(14)6-8-19-9-7-18;;/h2-5,14,19H,6-12H2,1H3,(H,20,23);2*1H. The molecule has 2 heterocycles. The third-order valence-electron chi connectivity index (χ3n) is 5.59. The number of halogens is 2. The SMILES string of the molecule is Cc1nc2ccccc2n1CCNC(=O)C1CC12CCNCC2.Cl.Cl. The van der Waals surface area contributed by atoms with Gasteiger partial charge in [0, 0.05) is 19.0 Å². The first-order chi connectivity index (χ1) is 11.2. The molecule has 2 N–H and O–H groups in total. The van der Waals surface area contributed by atoms with Crippen molar-refractivity contribution < 1.29 is 4.79 Å². The Balaban J connectivity index is 0.00000113. The fourth-order valence-electron chi connectivity index (χ4n) is 4.09. The fourth-order valence-corrected chi connectivity index (χ4v) is 4.09. The van der Waals surface area contributed by atoms with E-state index in [1.807, 2.05) is 25.1 Å². The summed E-state index contributed by atoms with van der Waals surface area (Å²) in [6, 6.07) is 8.15. The second-order valence-corrected chi connectivity index (χ2v) is 6.96. The molecule has 1 saturated carbocycles. The molecule has 1 amide bonds. The summed E-state index contributed by atoms with van der Waals surface area (Å²) in [7, 11) is 0. The molecule has 5 nitrogen and oxygen atoms in total. The van der Waals surface area contributed by atoms with E-state index in [-0.39, 0.29) is 36.6 Å². The molecule has 138 valence electrons. The van der Waals surface area contributed by atoms with Crippen molar-refractivity contribution in [2.24, 2.45) is 11.3 Å². The minimum atomic E-state index is 0. The molecule has 1 saturated heterocycles. The number of aromatic nitrogens is 2. The van der Waals surface area contributed by atoms with E-state index in [9.17, 15) is 4.79 Å². The maximum absolute atomic E-state index is 12.4. The zero-order valence-electron chi connectivity index (χ0n) is 14.5. The lowest BCUT2D eigenvalue weighted by Crippen LogP contribution is -2.34. The minimum Gasteiger partial charge on any atom is -0.354 e. The molecule has 0 radical (unpaired) electrons. The van der Waals surface area contributed by atoms with Crippen LogP contribution in [0.15, 0.2) is 24.3 Å². The van der Waals surface area contributed by atoms with Crippen LogP contribution in [0, 0.1) is 18.3 Å². The van der Waals surface area contributed by atoms with Gasteiger partial charge in [-0.2, -0.15) is 0 Å². The molecule has 2 aliphatic rings. The molecule has 1 aliphatic carbocycles. The number of nitrogens with one attached hydrogen (secondary N) is 2. The molecule has 2 fully saturated rings. The monoisotopic (exact) mass is 384 g/mol. The molecule has 7 heteroatoms. The van der Waals surface area contributed by atoms with E-state index in [2.05, 4.69) is 26.3 Å². The lowest BCUT2D eigenvalue weighted by molar-refractivity contribution is -0.123. The van der Waals surface area contributed by atoms with Gasteiger partial charge < -0.3 is 15.2 Å². The van der Waals surface area contributed by atoms with Crippen LogP contribution in [-0.2, 0) is 11.3 Å². The first kappa shape index (κ1) is 20.0. The highest BCUT2D eigenvalue weighted by Gasteiger charge is 2.57. The van der Waals surface area contributed by atoms with Gasteiger partial charge in [0.25, 0.3) is 0 Å². The molecule has 1 spiro atoms. The van der Waals surface area contributed by atoms with Crippen molar-refractivity contribution in [3.63, 3.8) is 0 Å². The normalized spacial score (nSPS) is 20.6. The van der Waals surface area contributed by atoms with E-state index in [1.54, 1.807) is 0 Å². The summed E-state index contributed by atoms with van der Waals surface area (Å²) in [6.07, 6.45) is 3.38. The van der Waals surface area contributed by atoms with Gasteiger partial charge in [0.15, 0.2) is 0 Å². The van der Waals surface area contributed by atoms with Crippen molar-refractivity contribution in [2.45, 2.75) is 32.7 Å². The number of fused-ring (bicyclic) bond motifs is 1. The van der Waals surface area contributed by atoms with Crippen LogP contribution in [0.2, 0.25) is 0 Å². The van der Waals surface area contributed by atoms with Crippen molar-refractivity contribution in [2.75, 3.05) is 19.6 Å². The summed E-state index contributed by atoms with van der Waals surface area (Å²) < 4.78 is 2.18. The maximum atomic E-state index is 12.4. The van der Waals surface area contributed by atoms with E-state index in [0.29, 0.717) is 12.0 Å². The van der Waals surface area contributed by atoms with E-state index < -0.39 is 0 Å². The minimum absolute atomic E-state index is 0. The Bertz CT molecular complexity index is 740. The number of carbonyl (C=O) groups excluding carboxylic acids is 1. The first-order valence-electron chi connectivity index (χ1n) is 8.60. The highest BCUT2D eigenvalue weighted by Crippen LogP contribution is 2.58. The van der Waals surface area contributed by atoms with Crippen molar-refractivity contribution in [3.05, 3.63) is 30.1 Å². The average Bonchev–Trinajstić information content (AvgIpc) is 3.15. The molecule has 25 heavy (non-hydrogen) atoms. The Morgan fingerprint density at radius 2 is 2.04 bits per heavy atom. The number of amides is 1. The number of imidazole rings is 1. The van der Waals surface area contributed by atoms with Gasteiger partial charge in [-0.05, 0) is 56.8 Å². The lowest BCUT2D eigenvalue weighted by atomic mass is 9.92. The number of hydrogen-bond acceptors (Lipinski definition) is 3. The molecule has 0 bridgehead atoms. The van der Waals surface area contributed by atoms with Crippen molar-refractivity contribution in [1.82, 2.24) is 20.2 Å². The van der Waals surface area contributed by atoms with Crippen LogP contribution in [0.25, 0.3) is 11.0 Å². The van der Waals surface area contributed by atoms with Crippen molar-refractivity contribution in [3.8, 4) is 0 Å². The number of carbonyl (C=O) groups is 1. The highest BCUT2D eigenvalue weighted by molar-refractivity contribution is 5.85. The molecule has 2 aromatic rings. The number of benzene rings is 1. The Kier molecular flexibility index (Phi) is 6.35. The summed E-state index contributed by atoms with van der Waals surface area (Å²) in [5.41, 5.74) is 2.47. The van der Waals surface area contributed by atoms with Gasteiger partial charge in [-0.15, -0.1) is 24.8 Å². The summed E-state index contributed by atoms with van der Waals surface area (Å²) >= 11 is 0. The molecule has 1 atom stereocenters. The van der Waals surface area contributed by atoms with Gasteiger partial charge in [-0.3, -0.25) is 4.79 Å². The molecule has 4 rings (SSSR count). The lowest BCUT2D eigenvalue weighted by Gasteiger charge is -2.23. The fraction of sp³-hybridized carbons (Fsp3) is 0.556. The van der Waals surface area contributed by atoms with Crippen LogP contribution in [0.4, 0.5) is 0 Å². The first-order valence-corrected chi connectivity index (χ1v) is 8.60. The zero-order chi connectivity index (χ0) is 15.9. The predicted octanol–water partition coefficient (Wildman–Crippen LogP) is 2.69. The van der Waals surface area contributed by atoms with E-state index in [4.69, 9.17) is 0 Å². The summed E-state index contributed by atoms with van der Waals surface area (Å²) in [5, 5.41) is 6.52. The number of piperidine rings is 1. The van der Waals surface area contributed by atoms with Gasteiger partial charge in [0.2, 0.25) is 5.91 Å². The van der Waals surface area contributed by atoms with E-state index in [0.717, 1.165) is 55.8 Å². The number of aryl methyl sites for hydroxylation is 1. The Morgan fingerprint density at radius 3 is 2.80 bits per heavy atom. The third-order valence-corrected chi connectivity index (χ3v) is 5.59.